The first kappa shape index (κ1) is 9.94. The second-order valence-corrected chi connectivity index (χ2v) is 5.00. The summed E-state index contributed by atoms with van der Waals surface area (Å²) in [4.78, 5) is 2.59. The molecule has 13 heavy (non-hydrogen) atoms. The fourth-order valence-corrected chi connectivity index (χ4v) is 2.25. The highest BCUT2D eigenvalue weighted by atomic mass is 79.9. The molecule has 2 rings (SSSR count). The van der Waals surface area contributed by atoms with E-state index in [1.54, 1.807) is 0 Å². The first-order valence-electron chi connectivity index (χ1n) is 5.21. The normalized spacial score (nSPS) is 36.5. The molecule has 0 aromatic rings. The summed E-state index contributed by atoms with van der Waals surface area (Å²) in [6, 6.07) is 0.621. The van der Waals surface area contributed by atoms with Crippen molar-refractivity contribution in [3.8, 4) is 0 Å². The van der Waals surface area contributed by atoms with Gasteiger partial charge in [-0.2, -0.15) is 0 Å². The number of nitrogens with zero attached hydrogens (tertiary/aromatic N) is 1. The molecule has 76 valence electrons. The third-order valence-electron chi connectivity index (χ3n) is 3.00. The monoisotopic (exact) mass is 247 g/mol. The van der Waals surface area contributed by atoms with Gasteiger partial charge in [-0.05, 0) is 25.7 Å². The lowest BCUT2D eigenvalue weighted by Gasteiger charge is -2.37. The highest BCUT2D eigenvalue weighted by Gasteiger charge is 2.30. The highest BCUT2D eigenvalue weighted by Crippen LogP contribution is 2.31. The fourth-order valence-electron chi connectivity index (χ4n) is 1.85. The summed E-state index contributed by atoms with van der Waals surface area (Å²) in [6.45, 7) is 5.59. The molecule has 0 bridgehead atoms. The van der Waals surface area contributed by atoms with Crippen LogP contribution < -0.4 is 0 Å². The van der Waals surface area contributed by atoms with Crippen LogP contribution in [-0.2, 0) is 4.74 Å². The molecule has 0 aromatic heterocycles. The molecule has 2 atom stereocenters. The first-order chi connectivity index (χ1) is 6.29. The van der Waals surface area contributed by atoms with Gasteiger partial charge in [0, 0.05) is 24.5 Å². The fraction of sp³-hybridized carbons (Fsp3) is 1.00. The van der Waals surface area contributed by atoms with Crippen LogP contribution in [0.2, 0.25) is 0 Å². The van der Waals surface area contributed by atoms with Crippen molar-refractivity contribution in [1.29, 1.82) is 0 Å². The summed E-state index contributed by atoms with van der Waals surface area (Å²) < 4.78 is 5.68. The largest absolute Gasteiger partial charge is 0.374 e. The van der Waals surface area contributed by atoms with E-state index >= 15 is 0 Å². The summed E-state index contributed by atoms with van der Waals surface area (Å²) in [6.07, 6.45) is 3.31. The van der Waals surface area contributed by atoms with Gasteiger partial charge < -0.3 is 4.74 Å². The van der Waals surface area contributed by atoms with E-state index in [0.29, 0.717) is 12.1 Å². The Morgan fingerprint density at radius 2 is 2.23 bits per heavy atom. The number of hydrogen-bond acceptors (Lipinski definition) is 2. The Morgan fingerprint density at radius 1 is 1.46 bits per heavy atom. The van der Waals surface area contributed by atoms with Gasteiger partial charge in [0.25, 0.3) is 0 Å². The third-order valence-corrected chi connectivity index (χ3v) is 3.72. The van der Waals surface area contributed by atoms with Gasteiger partial charge >= 0.3 is 0 Å². The number of rotatable bonds is 3. The topological polar surface area (TPSA) is 12.5 Å². The Hall–Kier alpha value is 0.400. The zero-order chi connectivity index (χ0) is 9.26. The van der Waals surface area contributed by atoms with Crippen LogP contribution >= 0.6 is 15.9 Å². The summed E-state index contributed by atoms with van der Waals surface area (Å²) in [5, 5.41) is 0.973. The van der Waals surface area contributed by atoms with Gasteiger partial charge in [0.1, 0.15) is 0 Å². The predicted molar refractivity (Wildman–Crippen MR) is 57.3 cm³/mol. The molecule has 0 aromatic carbocycles. The summed E-state index contributed by atoms with van der Waals surface area (Å²) in [5.74, 6) is 0.997. The van der Waals surface area contributed by atoms with Crippen molar-refractivity contribution in [2.75, 3.05) is 25.0 Å². The van der Waals surface area contributed by atoms with Crippen molar-refractivity contribution in [3.63, 3.8) is 0 Å². The lowest BCUT2D eigenvalue weighted by molar-refractivity contribution is -0.0480. The summed E-state index contributed by atoms with van der Waals surface area (Å²) >= 11 is 3.49. The van der Waals surface area contributed by atoms with Gasteiger partial charge in [0.2, 0.25) is 0 Å². The number of halogens is 1. The van der Waals surface area contributed by atoms with Crippen molar-refractivity contribution in [1.82, 2.24) is 4.90 Å². The molecule has 1 heterocycles. The van der Waals surface area contributed by atoms with Crippen molar-refractivity contribution < 1.29 is 4.74 Å². The molecule has 0 amide bonds. The number of ether oxygens (including phenoxy) is 1. The molecule has 2 fully saturated rings. The molecule has 3 heteroatoms. The standard InChI is InChI=1S/C10H18BrNO/c1-8-7-13-10(4-11)6-12(8)5-9-2-3-9/h8-10H,2-7H2,1H3. The van der Waals surface area contributed by atoms with Gasteiger partial charge in [-0.15, -0.1) is 0 Å². The summed E-state index contributed by atoms with van der Waals surface area (Å²) in [5.41, 5.74) is 0. The molecule has 2 aliphatic rings. The van der Waals surface area contributed by atoms with Crippen LogP contribution in [0, 0.1) is 5.92 Å². The zero-order valence-corrected chi connectivity index (χ0v) is 9.79. The van der Waals surface area contributed by atoms with Crippen molar-refractivity contribution >= 4 is 15.9 Å². The maximum Gasteiger partial charge on any atom is 0.0799 e. The first-order valence-corrected chi connectivity index (χ1v) is 6.33. The van der Waals surface area contributed by atoms with E-state index < -0.39 is 0 Å². The van der Waals surface area contributed by atoms with Crippen molar-refractivity contribution in [3.05, 3.63) is 0 Å². The average molecular weight is 248 g/mol. The van der Waals surface area contributed by atoms with Gasteiger partial charge in [-0.1, -0.05) is 15.9 Å². The van der Waals surface area contributed by atoms with Crippen molar-refractivity contribution in [2.24, 2.45) is 5.92 Å². The van der Waals surface area contributed by atoms with Gasteiger partial charge in [-0.3, -0.25) is 4.90 Å². The van der Waals surface area contributed by atoms with Crippen LogP contribution in [-0.4, -0.2) is 42.1 Å². The van der Waals surface area contributed by atoms with Crippen LogP contribution in [0.1, 0.15) is 19.8 Å². The van der Waals surface area contributed by atoms with Crippen LogP contribution in [0.4, 0.5) is 0 Å². The molecular weight excluding hydrogens is 230 g/mol. The molecule has 0 spiro atoms. The number of morpholine rings is 1. The maximum absolute atomic E-state index is 5.68. The van der Waals surface area contributed by atoms with E-state index in [4.69, 9.17) is 4.74 Å². The van der Waals surface area contributed by atoms with Crippen molar-refractivity contribution in [2.45, 2.75) is 31.9 Å². The molecule has 2 nitrogen and oxygen atoms in total. The third kappa shape index (κ3) is 2.67. The Kier molecular flexibility index (Phi) is 3.27. The Morgan fingerprint density at radius 3 is 2.85 bits per heavy atom. The zero-order valence-electron chi connectivity index (χ0n) is 8.21. The van der Waals surface area contributed by atoms with Crippen LogP contribution in [0.5, 0.6) is 0 Å². The lowest BCUT2D eigenvalue weighted by Crippen LogP contribution is -2.49. The Balaban J connectivity index is 1.82. The minimum atomic E-state index is 0.412. The van der Waals surface area contributed by atoms with E-state index in [1.165, 1.54) is 19.4 Å². The van der Waals surface area contributed by atoms with Crippen LogP contribution in [0.25, 0.3) is 0 Å². The molecule has 0 radical (unpaired) electrons. The molecular formula is C10H18BrNO. The molecule has 1 aliphatic heterocycles. The van der Waals surface area contributed by atoms with E-state index in [2.05, 4.69) is 27.8 Å². The van der Waals surface area contributed by atoms with E-state index in [9.17, 15) is 0 Å². The van der Waals surface area contributed by atoms with Crippen LogP contribution in [0.15, 0.2) is 0 Å². The average Bonchev–Trinajstić information content (AvgIpc) is 2.93. The molecule has 1 aliphatic carbocycles. The number of alkyl halides is 1. The minimum Gasteiger partial charge on any atom is -0.374 e. The Bertz CT molecular complexity index is 172. The molecule has 1 saturated carbocycles. The molecule has 0 N–H and O–H groups in total. The maximum atomic E-state index is 5.68. The van der Waals surface area contributed by atoms with E-state index in [0.717, 1.165) is 24.4 Å². The predicted octanol–water partition coefficient (Wildman–Crippen LogP) is 1.88. The van der Waals surface area contributed by atoms with Gasteiger partial charge in [0.05, 0.1) is 12.7 Å². The second kappa shape index (κ2) is 4.28. The summed E-state index contributed by atoms with van der Waals surface area (Å²) in [7, 11) is 0. The highest BCUT2D eigenvalue weighted by molar-refractivity contribution is 9.09. The Labute approximate surface area is 88.8 Å². The van der Waals surface area contributed by atoms with E-state index in [1.807, 2.05) is 0 Å². The number of hydrogen-bond donors (Lipinski definition) is 0. The smallest absolute Gasteiger partial charge is 0.0799 e. The van der Waals surface area contributed by atoms with Crippen LogP contribution in [0.3, 0.4) is 0 Å². The molecule has 1 saturated heterocycles. The second-order valence-electron chi connectivity index (χ2n) is 4.36. The SMILES string of the molecule is CC1COC(CBr)CN1CC1CC1. The van der Waals surface area contributed by atoms with Gasteiger partial charge in [-0.25, -0.2) is 0 Å². The quantitative estimate of drug-likeness (QED) is 0.707. The van der Waals surface area contributed by atoms with E-state index in [-0.39, 0.29) is 0 Å². The molecule has 2 unspecified atom stereocenters. The minimum absolute atomic E-state index is 0.412. The van der Waals surface area contributed by atoms with Gasteiger partial charge in [0.15, 0.2) is 0 Å². The lowest BCUT2D eigenvalue weighted by atomic mass is 10.2.